The molecule has 0 spiro atoms. The molecule has 6 atom stereocenters. The van der Waals surface area contributed by atoms with E-state index in [1.807, 2.05) is 25.1 Å². The number of carboxylic acid groups (broad SMARTS) is 1. The number of aromatic hydroxyl groups is 1. The normalized spacial score (nSPS) is 27.8. The molecule has 0 aromatic heterocycles. The maximum Gasteiger partial charge on any atom is 0.303 e. The van der Waals surface area contributed by atoms with Gasteiger partial charge in [-0.15, -0.1) is 0 Å². The van der Waals surface area contributed by atoms with E-state index >= 15 is 9.18 Å². The number of amides is 4. The predicted molar refractivity (Wildman–Crippen MR) is 170 cm³/mol. The van der Waals surface area contributed by atoms with E-state index < -0.39 is 70.3 Å². The van der Waals surface area contributed by atoms with Gasteiger partial charge in [0.15, 0.2) is 11.6 Å². The maximum atomic E-state index is 15.2. The Morgan fingerprint density at radius 3 is 2.38 bits per heavy atom. The number of fused-ring (bicyclic) bond motifs is 4. The largest absolute Gasteiger partial charge is 0.505 e. The summed E-state index contributed by atoms with van der Waals surface area (Å²) in [4.78, 5) is 69.4. The second-order valence-electron chi connectivity index (χ2n) is 13.1. The van der Waals surface area contributed by atoms with Crippen LogP contribution in [0.2, 0.25) is 0 Å². The molecule has 0 bridgehead atoms. The first-order valence-electron chi connectivity index (χ1n) is 16.1. The number of aryl methyl sites for hydroxylation is 1. The van der Waals surface area contributed by atoms with E-state index in [9.17, 15) is 24.3 Å². The Morgan fingerprint density at radius 2 is 1.69 bits per heavy atom. The van der Waals surface area contributed by atoms with Crippen LogP contribution in [0.25, 0.3) is 0 Å². The second-order valence-corrected chi connectivity index (χ2v) is 13.1. The lowest BCUT2D eigenvalue weighted by Gasteiger charge is -2.50. The zero-order valence-corrected chi connectivity index (χ0v) is 26.1. The molecule has 0 radical (unpaired) electrons. The Labute approximate surface area is 275 Å². The molecule has 2 aliphatic carbocycles. The van der Waals surface area contributed by atoms with Crippen molar-refractivity contribution in [1.82, 2.24) is 9.91 Å². The number of likely N-dealkylation sites (tertiary alicyclic amines) is 1. The maximum absolute atomic E-state index is 15.2. The van der Waals surface area contributed by atoms with E-state index in [-0.39, 0.29) is 38.1 Å². The summed E-state index contributed by atoms with van der Waals surface area (Å²) in [5.41, 5.74) is 4.52. The molecule has 7 rings (SSSR count). The molecule has 11 heteroatoms. The molecule has 3 aromatic rings. The van der Waals surface area contributed by atoms with Crippen LogP contribution in [0.3, 0.4) is 0 Å². The number of hydrogen-bond donors (Lipinski definition) is 3. The van der Waals surface area contributed by atoms with Crippen molar-refractivity contribution in [3.05, 3.63) is 107 Å². The van der Waals surface area contributed by atoms with Crippen molar-refractivity contribution in [2.45, 2.75) is 43.9 Å². The molecule has 10 nitrogen and oxygen atoms in total. The van der Waals surface area contributed by atoms with Gasteiger partial charge >= 0.3 is 5.97 Å². The van der Waals surface area contributed by atoms with Gasteiger partial charge in [0.2, 0.25) is 11.8 Å². The number of nitrogens with one attached hydrogen (secondary N) is 1. The topological polar surface area (TPSA) is 144 Å². The van der Waals surface area contributed by atoms with E-state index in [1.165, 1.54) is 18.2 Å². The number of rotatable bonds is 8. The summed E-state index contributed by atoms with van der Waals surface area (Å²) in [6, 6.07) is 20.0. The van der Waals surface area contributed by atoms with Crippen molar-refractivity contribution in [3.8, 4) is 5.75 Å². The average molecular weight is 652 g/mol. The lowest BCUT2D eigenvalue weighted by molar-refractivity contribution is -0.142. The molecule has 3 N–H and O–H groups in total. The first-order valence-corrected chi connectivity index (χ1v) is 16.1. The molecule has 2 heterocycles. The summed E-state index contributed by atoms with van der Waals surface area (Å²) in [5, 5.41) is 20.3. The molecule has 4 amide bonds. The number of hydrogen-bond acceptors (Lipinski definition) is 7. The van der Waals surface area contributed by atoms with Crippen molar-refractivity contribution in [2.75, 3.05) is 12.0 Å². The standard InChI is InChI=1S/C37H34FN3O7/c1-20-9-12-23(13-10-20)39-41-34(46)27-19-26-24(14-15-25-31(26)35(47)40(33(25)45)17-5-8-30(43)44)32(21-11-16-29(42)28(38)18-21)37(27,36(41)48)22-6-3-2-4-7-22/h2-4,6-7,9-14,16,18,25-27,31-32,39,42H,5,8,15,17,19H2,1H3,(H,43,44)/t25-,26+,27-,31-,32-,37+/m0/s1. The molecule has 246 valence electrons. The van der Waals surface area contributed by atoms with Gasteiger partial charge in [0.05, 0.1) is 28.9 Å². The van der Waals surface area contributed by atoms with Gasteiger partial charge in [-0.1, -0.05) is 65.7 Å². The first-order chi connectivity index (χ1) is 23.0. The molecule has 2 aliphatic heterocycles. The smallest absolute Gasteiger partial charge is 0.303 e. The minimum Gasteiger partial charge on any atom is -0.505 e. The second kappa shape index (κ2) is 11.7. The number of imide groups is 2. The monoisotopic (exact) mass is 651 g/mol. The summed E-state index contributed by atoms with van der Waals surface area (Å²) in [6.07, 6.45) is 2.05. The third-order valence-electron chi connectivity index (χ3n) is 10.6. The molecule has 3 aromatic carbocycles. The van der Waals surface area contributed by atoms with E-state index in [0.717, 1.165) is 15.5 Å². The molecular formula is C37H34FN3O7. The van der Waals surface area contributed by atoms with Gasteiger partial charge in [0.1, 0.15) is 0 Å². The Balaban J connectivity index is 1.39. The van der Waals surface area contributed by atoms with E-state index in [1.54, 1.807) is 42.5 Å². The third kappa shape index (κ3) is 4.70. The van der Waals surface area contributed by atoms with Gasteiger partial charge in [-0.3, -0.25) is 34.3 Å². The van der Waals surface area contributed by atoms with E-state index in [2.05, 4.69) is 5.43 Å². The highest BCUT2D eigenvalue weighted by atomic mass is 19.1. The van der Waals surface area contributed by atoms with Crippen LogP contribution >= 0.6 is 0 Å². The quantitative estimate of drug-likeness (QED) is 0.235. The lowest BCUT2D eigenvalue weighted by atomic mass is 9.49. The van der Waals surface area contributed by atoms with Gasteiger partial charge in [-0.25, -0.2) is 4.39 Å². The Hall–Kier alpha value is -5.32. The first kappa shape index (κ1) is 31.3. The zero-order chi connectivity index (χ0) is 33.9. The fraction of sp³-hybridized carbons (Fsp3) is 0.324. The van der Waals surface area contributed by atoms with Crippen molar-refractivity contribution in [3.63, 3.8) is 0 Å². The Kier molecular flexibility index (Phi) is 7.65. The minimum atomic E-state index is -1.55. The Bertz CT molecular complexity index is 1880. The molecule has 2 saturated heterocycles. The molecule has 4 aliphatic rings. The molecule has 0 unspecified atom stereocenters. The molecular weight excluding hydrogens is 617 g/mol. The number of anilines is 1. The summed E-state index contributed by atoms with van der Waals surface area (Å²) in [7, 11) is 0. The number of aliphatic carboxylic acids is 1. The number of benzene rings is 3. The van der Waals surface area contributed by atoms with Crippen LogP contribution < -0.4 is 5.43 Å². The zero-order valence-electron chi connectivity index (χ0n) is 26.1. The minimum absolute atomic E-state index is 0.0331. The van der Waals surface area contributed by atoms with Gasteiger partial charge in [-0.05, 0) is 67.5 Å². The highest BCUT2D eigenvalue weighted by Gasteiger charge is 2.70. The summed E-state index contributed by atoms with van der Waals surface area (Å²) >= 11 is 0. The SMILES string of the molecule is Cc1ccc(NN2C(=O)[C@@H]3C[C@@H]4C(=CC[C@@H]5C(=O)N(CCCC(=O)O)C(=O)[C@@H]54)[C@H](c4ccc(O)c(F)c4)[C@]3(c3ccccc3)C2=O)cc1. The van der Waals surface area contributed by atoms with Crippen LogP contribution in [-0.4, -0.2) is 56.3 Å². The fourth-order valence-corrected chi connectivity index (χ4v) is 8.50. The van der Waals surface area contributed by atoms with Gasteiger partial charge in [0.25, 0.3) is 11.8 Å². The van der Waals surface area contributed by atoms with Crippen LogP contribution in [0.1, 0.15) is 48.3 Å². The number of carbonyl (C=O) groups excluding carboxylic acids is 4. The number of hydrazine groups is 1. The van der Waals surface area contributed by atoms with Gasteiger partial charge in [0, 0.05) is 18.9 Å². The van der Waals surface area contributed by atoms with Crippen molar-refractivity contribution in [1.29, 1.82) is 0 Å². The number of allylic oxidation sites excluding steroid dienone is 2. The fourth-order valence-electron chi connectivity index (χ4n) is 8.50. The highest BCUT2D eigenvalue weighted by molar-refractivity contribution is 6.13. The van der Waals surface area contributed by atoms with Gasteiger partial charge in [-0.2, -0.15) is 5.01 Å². The Morgan fingerprint density at radius 1 is 0.958 bits per heavy atom. The number of phenols is 1. The van der Waals surface area contributed by atoms with Crippen LogP contribution in [0.5, 0.6) is 5.75 Å². The number of carboxylic acids is 1. The highest BCUT2D eigenvalue weighted by Crippen LogP contribution is 2.64. The van der Waals surface area contributed by atoms with Crippen molar-refractivity contribution in [2.24, 2.45) is 23.7 Å². The van der Waals surface area contributed by atoms with Gasteiger partial charge < -0.3 is 10.2 Å². The van der Waals surface area contributed by atoms with E-state index in [4.69, 9.17) is 5.11 Å². The number of phenolic OH excluding ortho intramolecular Hbond substituents is 1. The summed E-state index contributed by atoms with van der Waals surface area (Å²) < 4.78 is 15.2. The lowest BCUT2D eigenvalue weighted by Crippen LogP contribution is -2.53. The van der Waals surface area contributed by atoms with E-state index in [0.29, 0.717) is 22.4 Å². The predicted octanol–water partition coefficient (Wildman–Crippen LogP) is 4.69. The van der Waals surface area contributed by atoms with Crippen LogP contribution in [0.4, 0.5) is 10.1 Å². The molecule has 3 fully saturated rings. The van der Waals surface area contributed by atoms with Crippen molar-refractivity contribution >= 4 is 35.3 Å². The van der Waals surface area contributed by atoms with Crippen LogP contribution in [-0.2, 0) is 29.4 Å². The molecule has 48 heavy (non-hydrogen) atoms. The van der Waals surface area contributed by atoms with Crippen LogP contribution in [0, 0.1) is 36.4 Å². The third-order valence-corrected chi connectivity index (χ3v) is 10.6. The van der Waals surface area contributed by atoms with Crippen LogP contribution in [0.15, 0.2) is 84.4 Å². The van der Waals surface area contributed by atoms with Crippen molar-refractivity contribution < 1.29 is 38.6 Å². The molecule has 1 saturated carbocycles. The number of nitrogens with zero attached hydrogens (tertiary/aromatic N) is 2. The number of halogens is 1. The summed E-state index contributed by atoms with van der Waals surface area (Å²) in [6.45, 7) is 1.88. The average Bonchev–Trinajstić information content (AvgIpc) is 3.44. The number of carbonyl (C=O) groups is 5. The summed E-state index contributed by atoms with van der Waals surface area (Å²) in [5.74, 6) is -8.45.